The van der Waals surface area contributed by atoms with Crippen LogP contribution in [0.2, 0.25) is 0 Å². The first-order valence-electron chi connectivity index (χ1n) is 32.4. The van der Waals surface area contributed by atoms with Crippen LogP contribution in [-0.2, 0) is 37.2 Å². The number of fused-ring (bicyclic) bond motifs is 4. The summed E-state index contributed by atoms with van der Waals surface area (Å²) in [5.41, 5.74) is 12.2. The Kier molecular flexibility index (Phi) is 18.4. The average Bonchev–Trinajstić information content (AvgIpc) is 1.39. The highest BCUT2D eigenvalue weighted by atomic mass is 16.5. The molecule has 6 aliphatic heterocycles. The van der Waals surface area contributed by atoms with Crippen LogP contribution in [0.25, 0.3) is 21.5 Å². The minimum Gasteiger partial charge on any atom is -0.462 e. The first-order chi connectivity index (χ1) is 43.2. The molecule has 13 rings (SSSR count). The molecular weight excluding hydrogens is 1100 g/mol. The minimum atomic E-state index is 0.174. The van der Waals surface area contributed by atoms with Gasteiger partial charge in [-0.15, -0.1) is 0 Å². The lowest BCUT2D eigenvalue weighted by atomic mass is 9.91. The Morgan fingerprint density at radius 1 is 0.568 bits per heavy atom. The summed E-state index contributed by atoms with van der Waals surface area (Å²) in [6.07, 6.45) is 9.51. The molecule has 88 heavy (non-hydrogen) atoms. The quantitative estimate of drug-likeness (QED) is 0.0559. The number of hydrogen-bond acceptors (Lipinski definition) is 17. The molecule has 4 fully saturated rings. The van der Waals surface area contributed by atoms with Crippen LogP contribution >= 0.6 is 0 Å². The summed E-state index contributed by atoms with van der Waals surface area (Å²) in [4.78, 5) is 54.5. The van der Waals surface area contributed by atoms with Crippen LogP contribution in [0.3, 0.4) is 0 Å². The Morgan fingerprint density at radius 3 is 1.78 bits per heavy atom. The number of ether oxygens (including phenoxy) is 3. The van der Waals surface area contributed by atoms with Crippen molar-refractivity contribution < 1.29 is 14.2 Å². The highest BCUT2D eigenvalue weighted by molar-refractivity contribution is 5.98. The molecule has 7 aromatic rings. The van der Waals surface area contributed by atoms with E-state index in [1.807, 2.05) is 18.2 Å². The standard InChI is InChI=1S/C71H86N14O3/c1-49-14-9-18-52-19-11-22-64(66(49)52)84-35-27-60-62(43-84)76-71(79-68(60)83-33-25-57(26-34-83)75-48-73-41-51-16-7-6-8-17-51)88-46-59-39-55(42-81(59)4)54-38-53-20-10-15-50(2)67(53)65(40-54)85-36-28-61-63(44-85)77-70(87-45-58-21-12-30-80(58)3)78-69(61)82-31-23-56(24-32-82)74-47-72-29-13-37-86-5/h6-11,14-20,22,38,40,55-59H,12-13,21,23-37,39,41-46H2,1-5H3/t55?,58-,59-/m0/s1. The lowest BCUT2D eigenvalue weighted by molar-refractivity contribution is 0.187. The van der Waals surface area contributed by atoms with E-state index in [0.29, 0.717) is 70.0 Å². The van der Waals surface area contributed by atoms with Gasteiger partial charge in [0, 0.05) is 105 Å². The number of aryl methyl sites for hydroxylation is 2. The molecule has 0 bridgehead atoms. The third-order valence-electron chi connectivity index (χ3n) is 19.5. The number of benzene rings is 5. The maximum absolute atomic E-state index is 6.88. The van der Waals surface area contributed by atoms with Gasteiger partial charge >= 0.3 is 12.0 Å². The van der Waals surface area contributed by atoms with Crippen molar-refractivity contribution in [1.82, 2.24) is 29.7 Å². The van der Waals surface area contributed by atoms with Gasteiger partial charge in [0.15, 0.2) is 0 Å². The Morgan fingerprint density at radius 2 is 1.16 bits per heavy atom. The topological polar surface area (TPSA) is 148 Å². The molecule has 6 aliphatic rings. The predicted octanol–water partition coefficient (Wildman–Crippen LogP) is 11.2. The molecule has 0 N–H and O–H groups in total. The summed E-state index contributed by atoms with van der Waals surface area (Å²) < 4.78 is 18.6. The molecule has 17 nitrogen and oxygen atoms in total. The number of methoxy groups -OCH3 is 1. The van der Waals surface area contributed by atoms with Gasteiger partial charge in [-0.2, -0.15) is 19.9 Å². The lowest BCUT2D eigenvalue weighted by Crippen LogP contribution is -2.39. The van der Waals surface area contributed by atoms with Crippen LogP contribution < -0.4 is 29.1 Å². The summed E-state index contributed by atoms with van der Waals surface area (Å²) in [5, 5.41) is 5.14. The van der Waals surface area contributed by atoms with Crippen molar-refractivity contribution in [3.63, 3.8) is 0 Å². The third kappa shape index (κ3) is 13.3. The zero-order valence-electron chi connectivity index (χ0n) is 52.3. The van der Waals surface area contributed by atoms with Gasteiger partial charge in [0.05, 0.1) is 61.7 Å². The van der Waals surface area contributed by atoms with Crippen molar-refractivity contribution in [2.45, 2.75) is 128 Å². The van der Waals surface area contributed by atoms with E-state index in [1.165, 1.54) is 67.2 Å². The monoisotopic (exact) mass is 1180 g/mol. The summed E-state index contributed by atoms with van der Waals surface area (Å²) >= 11 is 0. The number of likely N-dealkylation sites (N-methyl/N-ethyl adjacent to an activating group) is 2. The van der Waals surface area contributed by atoms with Crippen LogP contribution in [0.15, 0.2) is 117 Å². The molecule has 0 saturated carbocycles. The first-order valence-corrected chi connectivity index (χ1v) is 32.4. The molecule has 0 radical (unpaired) electrons. The Hall–Kier alpha value is -7.78. The van der Waals surface area contributed by atoms with E-state index in [2.05, 4.69) is 158 Å². The number of hydrogen-bond donors (Lipinski definition) is 0. The maximum Gasteiger partial charge on any atom is 0.318 e. The molecule has 3 atom stereocenters. The molecule has 458 valence electrons. The minimum absolute atomic E-state index is 0.174. The number of rotatable bonds is 19. The van der Waals surface area contributed by atoms with Crippen LogP contribution in [0.4, 0.5) is 23.0 Å². The second-order valence-corrected chi connectivity index (χ2v) is 25.4. The van der Waals surface area contributed by atoms with Crippen LogP contribution in [0, 0.1) is 13.8 Å². The van der Waals surface area contributed by atoms with Gasteiger partial charge in [0.1, 0.15) is 24.8 Å². The summed E-state index contributed by atoms with van der Waals surface area (Å²) in [6, 6.07) is 43.1. The van der Waals surface area contributed by atoms with Gasteiger partial charge in [-0.3, -0.25) is 4.90 Å². The number of anilines is 4. The number of likely N-dealkylation sites (tertiary alicyclic amines) is 2. The average molecular weight is 1180 g/mol. The normalized spacial score (nSPS) is 20.2. The van der Waals surface area contributed by atoms with E-state index < -0.39 is 0 Å². The van der Waals surface area contributed by atoms with Crippen molar-refractivity contribution in [2.24, 2.45) is 20.0 Å². The van der Waals surface area contributed by atoms with Crippen molar-refractivity contribution in [1.29, 1.82) is 0 Å². The smallest absolute Gasteiger partial charge is 0.318 e. The molecular formula is C71H86N14O3. The van der Waals surface area contributed by atoms with Crippen molar-refractivity contribution in [2.75, 3.05) is 120 Å². The fourth-order valence-electron chi connectivity index (χ4n) is 14.5. The van der Waals surface area contributed by atoms with Crippen LogP contribution in [-0.4, -0.2) is 166 Å². The zero-order valence-corrected chi connectivity index (χ0v) is 52.3. The Bertz CT molecular complexity index is 3710. The SMILES string of the molecule is COCCCN=C=NC1CCN(c2nc(OC[C@@H]3CCCN3C)nc3c2CCN(c2cc(C4C[C@@H](COc5nc6c(c(N7CCC(N=C=NCc8ccccc8)CC7)n5)CCN(c5cccc7cccc(C)c57)C6)N(C)C4)cc4cccc(C)c24)C3)CC1. The molecule has 17 heteroatoms. The van der Waals surface area contributed by atoms with Gasteiger partial charge < -0.3 is 38.7 Å². The van der Waals surface area contributed by atoms with Gasteiger partial charge in [-0.05, 0) is 150 Å². The second-order valence-electron chi connectivity index (χ2n) is 25.4. The highest BCUT2D eigenvalue weighted by Gasteiger charge is 2.35. The van der Waals surface area contributed by atoms with Gasteiger partial charge in [-0.1, -0.05) is 84.9 Å². The fourth-order valence-corrected chi connectivity index (χ4v) is 14.5. The molecule has 1 unspecified atom stereocenters. The first kappa shape index (κ1) is 59.2. The Balaban J connectivity index is 0.734. The molecule has 0 amide bonds. The summed E-state index contributed by atoms with van der Waals surface area (Å²) in [6.45, 7) is 16.1. The van der Waals surface area contributed by atoms with Crippen LogP contribution in [0.1, 0.15) is 102 Å². The van der Waals surface area contributed by atoms with Gasteiger partial charge in [-0.25, -0.2) is 20.0 Å². The number of nitrogens with zero attached hydrogens (tertiary/aromatic N) is 14. The Labute approximate surface area is 519 Å². The summed E-state index contributed by atoms with van der Waals surface area (Å²) in [7, 11) is 6.17. The van der Waals surface area contributed by atoms with Gasteiger partial charge in [0.2, 0.25) is 0 Å². The van der Waals surface area contributed by atoms with Crippen molar-refractivity contribution in [3.05, 3.63) is 142 Å². The van der Waals surface area contributed by atoms with Gasteiger partial charge in [0.25, 0.3) is 0 Å². The molecule has 5 aromatic carbocycles. The zero-order chi connectivity index (χ0) is 59.9. The molecule has 8 heterocycles. The van der Waals surface area contributed by atoms with E-state index in [4.69, 9.17) is 44.1 Å². The number of piperidine rings is 2. The molecule has 2 aromatic heterocycles. The largest absolute Gasteiger partial charge is 0.462 e. The molecule has 0 spiro atoms. The molecule has 4 saturated heterocycles. The van der Waals surface area contributed by atoms with E-state index in [1.54, 1.807) is 7.11 Å². The second kappa shape index (κ2) is 27.3. The lowest BCUT2D eigenvalue weighted by Gasteiger charge is -2.36. The van der Waals surface area contributed by atoms with E-state index in [0.717, 1.165) is 139 Å². The van der Waals surface area contributed by atoms with Crippen LogP contribution in [0.5, 0.6) is 12.0 Å². The summed E-state index contributed by atoms with van der Waals surface area (Å²) in [5.74, 6) is 2.34. The van der Waals surface area contributed by atoms with Crippen molar-refractivity contribution >= 4 is 56.6 Å². The van der Waals surface area contributed by atoms with E-state index in [9.17, 15) is 0 Å². The van der Waals surface area contributed by atoms with Crippen molar-refractivity contribution in [3.8, 4) is 12.0 Å². The predicted molar refractivity (Wildman–Crippen MR) is 353 cm³/mol. The van der Waals surface area contributed by atoms with E-state index in [-0.39, 0.29) is 18.1 Å². The fraction of sp³-hybridized carbons (Fsp3) is 0.493. The third-order valence-corrected chi connectivity index (χ3v) is 19.5. The maximum atomic E-state index is 6.88. The molecule has 0 aliphatic carbocycles. The number of aromatic nitrogens is 4. The highest BCUT2D eigenvalue weighted by Crippen LogP contribution is 2.42. The number of aliphatic imine (C=N–C) groups is 4. The van der Waals surface area contributed by atoms with E-state index >= 15 is 0 Å².